The number of methoxy groups -OCH3 is 2. The number of fused-ring (bicyclic) bond motifs is 1. The Morgan fingerprint density at radius 1 is 0.972 bits per heavy atom. The van der Waals surface area contributed by atoms with E-state index in [1.54, 1.807) is 28.3 Å². The molecule has 1 saturated heterocycles. The van der Waals surface area contributed by atoms with Gasteiger partial charge in [0.05, 0.1) is 26.0 Å². The average Bonchev–Trinajstić information content (AvgIpc) is 3.06. The zero-order valence-electron chi connectivity index (χ0n) is 21.6. The molecule has 0 unspecified atom stereocenters. The van der Waals surface area contributed by atoms with E-state index in [0.29, 0.717) is 23.6 Å². The fourth-order valence-electron chi connectivity index (χ4n) is 4.98. The summed E-state index contributed by atoms with van der Waals surface area (Å²) in [5.41, 5.74) is 4.64. The molecule has 2 heterocycles. The van der Waals surface area contributed by atoms with Crippen LogP contribution in [0.2, 0.25) is 0 Å². The zero-order chi connectivity index (χ0) is 25.8. The number of nitrogens with one attached hydrogen (secondary N) is 2. The van der Waals surface area contributed by atoms with Gasteiger partial charge in [-0.1, -0.05) is 12.1 Å². The third-order valence-electron chi connectivity index (χ3n) is 7.05. The molecule has 9 heteroatoms. The molecule has 0 bridgehead atoms. The van der Waals surface area contributed by atoms with Crippen LogP contribution in [0.1, 0.15) is 36.5 Å². The van der Waals surface area contributed by atoms with E-state index < -0.39 is 0 Å². The van der Waals surface area contributed by atoms with Crippen LogP contribution in [0.4, 0.5) is 10.5 Å². The van der Waals surface area contributed by atoms with Gasteiger partial charge in [-0.15, -0.1) is 0 Å². The lowest BCUT2D eigenvalue weighted by Crippen LogP contribution is -2.41. The number of benzene rings is 2. The van der Waals surface area contributed by atoms with Crippen molar-refractivity contribution < 1.29 is 19.1 Å². The maximum absolute atomic E-state index is 12.7. The first-order valence-corrected chi connectivity index (χ1v) is 12.3. The van der Waals surface area contributed by atoms with Gasteiger partial charge in [0, 0.05) is 49.9 Å². The van der Waals surface area contributed by atoms with E-state index in [4.69, 9.17) is 14.6 Å². The Morgan fingerprint density at radius 3 is 2.19 bits per heavy atom. The molecule has 0 spiro atoms. The summed E-state index contributed by atoms with van der Waals surface area (Å²) < 4.78 is 11.1. The van der Waals surface area contributed by atoms with Gasteiger partial charge in [0.25, 0.3) is 0 Å². The van der Waals surface area contributed by atoms with E-state index in [1.165, 1.54) is 5.01 Å². The van der Waals surface area contributed by atoms with E-state index in [1.807, 2.05) is 31.2 Å². The highest BCUT2D eigenvalue weighted by Gasteiger charge is 2.29. The summed E-state index contributed by atoms with van der Waals surface area (Å²) in [6.45, 7) is 3.65. The van der Waals surface area contributed by atoms with Crippen LogP contribution in [-0.2, 0) is 11.2 Å². The van der Waals surface area contributed by atoms with Crippen LogP contribution in [-0.4, -0.2) is 70.1 Å². The second-order valence-corrected chi connectivity index (χ2v) is 9.19. The number of anilines is 1. The molecule has 36 heavy (non-hydrogen) atoms. The van der Waals surface area contributed by atoms with Crippen molar-refractivity contribution >= 4 is 23.3 Å². The van der Waals surface area contributed by atoms with Crippen LogP contribution in [0.3, 0.4) is 0 Å². The molecule has 1 atom stereocenters. The Hall–Kier alpha value is -3.75. The van der Waals surface area contributed by atoms with Crippen molar-refractivity contribution in [1.29, 1.82) is 0 Å². The lowest BCUT2D eigenvalue weighted by atomic mass is 9.93. The molecule has 1 fully saturated rings. The minimum Gasteiger partial charge on any atom is -0.493 e. The molecule has 0 aromatic heterocycles. The first-order valence-electron chi connectivity index (χ1n) is 12.3. The second kappa shape index (κ2) is 10.9. The molecule has 9 nitrogen and oxygen atoms in total. The first kappa shape index (κ1) is 25.3. The Labute approximate surface area is 212 Å². The van der Waals surface area contributed by atoms with Crippen molar-refractivity contribution in [3.63, 3.8) is 0 Å². The third-order valence-corrected chi connectivity index (χ3v) is 7.05. The quantitative estimate of drug-likeness (QED) is 0.668. The maximum atomic E-state index is 12.7. The normalized spacial score (nSPS) is 18.0. The van der Waals surface area contributed by atoms with Gasteiger partial charge < -0.3 is 25.0 Å². The van der Waals surface area contributed by atoms with Crippen LogP contribution < -0.4 is 25.0 Å². The fourth-order valence-corrected chi connectivity index (χ4v) is 4.98. The van der Waals surface area contributed by atoms with Gasteiger partial charge >= 0.3 is 6.03 Å². The lowest BCUT2D eigenvalue weighted by Gasteiger charge is -2.33. The van der Waals surface area contributed by atoms with Crippen LogP contribution in [0.15, 0.2) is 41.5 Å². The van der Waals surface area contributed by atoms with Crippen LogP contribution in [0, 0.1) is 5.92 Å². The highest BCUT2D eigenvalue weighted by Crippen LogP contribution is 2.35. The molecule has 192 valence electrons. The molecule has 2 aliphatic heterocycles. The Bertz CT molecular complexity index is 1140. The number of amides is 3. The monoisotopic (exact) mass is 493 g/mol. The number of piperidine rings is 1. The minimum absolute atomic E-state index is 0.0759. The summed E-state index contributed by atoms with van der Waals surface area (Å²) in [6.07, 6.45) is 2.29. The number of urea groups is 1. The Morgan fingerprint density at radius 2 is 1.61 bits per heavy atom. The zero-order valence-corrected chi connectivity index (χ0v) is 21.6. The number of hydrazone groups is 1. The molecule has 2 aromatic rings. The highest BCUT2D eigenvalue weighted by atomic mass is 16.5. The molecule has 4 rings (SSSR count). The summed E-state index contributed by atoms with van der Waals surface area (Å²) in [6, 6.07) is 11.7. The summed E-state index contributed by atoms with van der Waals surface area (Å²) in [5, 5.41) is 11.8. The van der Waals surface area contributed by atoms with Gasteiger partial charge in [-0.25, -0.2) is 9.80 Å². The molecule has 2 N–H and O–H groups in total. The number of hydrogen-bond donors (Lipinski definition) is 2. The number of carbonyl (C=O) groups excluding carboxylic acids is 2. The van der Waals surface area contributed by atoms with Crippen LogP contribution in [0.5, 0.6) is 11.5 Å². The van der Waals surface area contributed by atoms with E-state index in [0.717, 1.165) is 48.3 Å². The van der Waals surface area contributed by atoms with Crippen LogP contribution >= 0.6 is 0 Å². The molecular formula is C27H35N5O4. The van der Waals surface area contributed by atoms with Crippen molar-refractivity contribution in [1.82, 2.24) is 15.6 Å². The first-order chi connectivity index (χ1) is 17.4. The molecule has 2 aliphatic rings. The topological polar surface area (TPSA) is 95.5 Å². The van der Waals surface area contributed by atoms with E-state index in [-0.39, 0.29) is 23.9 Å². The average molecular weight is 494 g/mol. The molecule has 0 saturated carbocycles. The molecular weight excluding hydrogens is 458 g/mol. The van der Waals surface area contributed by atoms with Gasteiger partial charge in [0.2, 0.25) is 5.91 Å². The smallest absolute Gasteiger partial charge is 0.337 e. The lowest BCUT2D eigenvalue weighted by molar-refractivity contribution is -0.125. The molecule has 0 radical (unpaired) electrons. The van der Waals surface area contributed by atoms with Crippen molar-refractivity contribution in [2.75, 3.05) is 46.3 Å². The number of rotatable bonds is 5. The summed E-state index contributed by atoms with van der Waals surface area (Å²) in [7, 11) is 6.53. The summed E-state index contributed by atoms with van der Waals surface area (Å²) >= 11 is 0. The van der Waals surface area contributed by atoms with Crippen molar-refractivity contribution in [2.24, 2.45) is 11.0 Å². The second-order valence-electron chi connectivity index (χ2n) is 9.19. The predicted octanol–water partition coefficient (Wildman–Crippen LogP) is 3.00. The SMILES string of the molecule is CNC(=O)C1CCN(c2ccc(C3=NN(C(=O)NC)[C@H](C)Cc4cc(OC)c(OC)cc43)cc2)CC1. The van der Waals surface area contributed by atoms with Crippen molar-refractivity contribution in [2.45, 2.75) is 32.2 Å². The maximum Gasteiger partial charge on any atom is 0.337 e. The number of ether oxygens (including phenoxy) is 2. The highest BCUT2D eigenvalue weighted by molar-refractivity contribution is 6.14. The summed E-state index contributed by atoms with van der Waals surface area (Å²) in [4.78, 5) is 27.0. The standard InChI is InChI=1S/C27H35N5O4/c1-17-14-20-15-23(35-4)24(36-5)16-22(20)25(30-32(17)27(34)29-3)18-6-8-21(9-7-18)31-12-10-19(11-13-31)26(33)28-2/h6-9,15-17,19H,10-14H2,1-5H3,(H,28,33)(H,29,34)/t17-/m1/s1. The van der Waals surface area contributed by atoms with Gasteiger partial charge in [-0.2, -0.15) is 5.10 Å². The van der Waals surface area contributed by atoms with Crippen molar-refractivity contribution in [3.8, 4) is 11.5 Å². The number of nitrogens with zero attached hydrogens (tertiary/aromatic N) is 3. The van der Waals surface area contributed by atoms with Gasteiger partial charge in [0.1, 0.15) is 0 Å². The summed E-state index contributed by atoms with van der Waals surface area (Å²) in [5.74, 6) is 1.45. The van der Waals surface area contributed by atoms with Gasteiger partial charge in [0.15, 0.2) is 11.5 Å². The van der Waals surface area contributed by atoms with E-state index in [2.05, 4.69) is 27.7 Å². The minimum atomic E-state index is -0.262. The Kier molecular flexibility index (Phi) is 7.67. The molecule has 0 aliphatic carbocycles. The number of hydrogen-bond acceptors (Lipinski definition) is 6. The molecule has 3 amide bonds. The van der Waals surface area contributed by atoms with Gasteiger partial charge in [-0.3, -0.25) is 4.79 Å². The molecule has 2 aromatic carbocycles. The van der Waals surface area contributed by atoms with Crippen LogP contribution in [0.25, 0.3) is 0 Å². The fraction of sp³-hybridized carbons (Fsp3) is 0.444. The van der Waals surface area contributed by atoms with E-state index in [9.17, 15) is 9.59 Å². The Balaban J connectivity index is 1.69. The largest absolute Gasteiger partial charge is 0.493 e. The predicted molar refractivity (Wildman–Crippen MR) is 140 cm³/mol. The van der Waals surface area contributed by atoms with Gasteiger partial charge in [-0.05, 0) is 56.0 Å². The van der Waals surface area contributed by atoms with E-state index >= 15 is 0 Å². The number of carbonyl (C=O) groups is 2. The third kappa shape index (κ3) is 4.96. The van der Waals surface area contributed by atoms with Crippen molar-refractivity contribution in [3.05, 3.63) is 53.1 Å².